The van der Waals surface area contributed by atoms with Crippen molar-refractivity contribution in [3.63, 3.8) is 0 Å². The summed E-state index contributed by atoms with van der Waals surface area (Å²) in [5, 5.41) is 8.80. The van der Waals surface area contributed by atoms with E-state index in [2.05, 4.69) is 6.07 Å². The monoisotopic (exact) mass is 163 g/mol. The van der Waals surface area contributed by atoms with Crippen LogP contribution in [0.1, 0.15) is 19.5 Å². The molecule has 0 aliphatic carbocycles. The van der Waals surface area contributed by atoms with Crippen molar-refractivity contribution in [2.75, 3.05) is 0 Å². The third-order valence-electron chi connectivity index (χ3n) is 1.93. The van der Waals surface area contributed by atoms with Crippen LogP contribution in [0, 0.1) is 11.3 Å². The lowest BCUT2D eigenvalue weighted by Gasteiger charge is -2.17. The average Bonchev–Trinajstić information content (AvgIpc) is 2.52. The SMILES string of the molecule is CCn1cccc1[C@@](C)(N)C#N. The highest BCUT2D eigenvalue weighted by Crippen LogP contribution is 2.16. The van der Waals surface area contributed by atoms with Crippen LogP contribution in [0.15, 0.2) is 18.3 Å². The molecule has 3 heteroatoms. The van der Waals surface area contributed by atoms with E-state index < -0.39 is 5.54 Å². The highest BCUT2D eigenvalue weighted by atomic mass is 15.0. The minimum atomic E-state index is -0.875. The Kier molecular flexibility index (Phi) is 2.20. The zero-order chi connectivity index (χ0) is 9.19. The molecule has 12 heavy (non-hydrogen) atoms. The lowest BCUT2D eigenvalue weighted by atomic mass is 10.0. The third-order valence-corrected chi connectivity index (χ3v) is 1.93. The van der Waals surface area contributed by atoms with Gasteiger partial charge in [0.25, 0.3) is 0 Å². The van der Waals surface area contributed by atoms with Crippen LogP contribution in [-0.4, -0.2) is 4.57 Å². The van der Waals surface area contributed by atoms with E-state index >= 15 is 0 Å². The first kappa shape index (κ1) is 8.82. The smallest absolute Gasteiger partial charge is 0.141 e. The summed E-state index contributed by atoms with van der Waals surface area (Å²) in [6.45, 7) is 4.59. The first-order chi connectivity index (χ1) is 5.61. The third kappa shape index (κ3) is 1.34. The zero-order valence-electron chi connectivity index (χ0n) is 7.41. The maximum Gasteiger partial charge on any atom is 0.141 e. The van der Waals surface area contributed by atoms with Crippen molar-refractivity contribution < 1.29 is 0 Å². The topological polar surface area (TPSA) is 54.7 Å². The predicted octanol–water partition coefficient (Wildman–Crippen LogP) is 1.21. The molecule has 0 unspecified atom stereocenters. The Morgan fingerprint density at radius 3 is 2.92 bits per heavy atom. The predicted molar refractivity (Wildman–Crippen MR) is 47.3 cm³/mol. The van der Waals surface area contributed by atoms with Gasteiger partial charge in [0.15, 0.2) is 0 Å². The second-order valence-electron chi connectivity index (χ2n) is 2.99. The first-order valence-electron chi connectivity index (χ1n) is 3.97. The molecule has 0 saturated heterocycles. The largest absolute Gasteiger partial charge is 0.349 e. The molecule has 3 nitrogen and oxygen atoms in total. The van der Waals surface area contributed by atoms with E-state index in [-0.39, 0.29) is 0 Å². The summed E-state index contributed by atoms with van der Waals surface area (Å²) < 4.78 is 1.98. The molecule has 1 atom stereocenters. The van der Waals surface area contributed by atoms with Gasteiger partial charge in [-0.1, -0.05) is 0 Å². The van der Waals surface area contributed by atoms with Crippen LogP contribution in [0.3, 0.4) is 0 Å². The summed E-state index contributed by atoms with van der Waals surface area (Å²) in [6, 6.07) is 5.86. The number of rotatable bonds is 2. The second kappa shape index (κ2) is 3.00. The van der Waals surface area contributed by atoms with Crippen molar-refractivity contribution in [2.24, 2.45) is 5.73 Å². The van der Waals surface area contributed by atoms with Crippen LogP contribution in [0.2, 0.25) is 0 Å². The minimum absolute atomic E-state index is 0.844. The first-order valence-corrected chi connectivity index (χ1v) is 3.97. The maximum atomic E-state index is 8.80. The summed E-state index contributed by atoms with van der Waals surface area (Å²) in [5.41, 5.74) is 5.77. The van der Waals surface area contributed by atoms with Gasteiger partial charge in [0.1, 0.15) is 5.54 Å². The van der Waals surface area contributed by atoms with E-state index in [1.807, 2.05) is 29.8 Å². The zero-order valence-corrected chi connectivity index (χ0v) is 7.41. The summed E-state index contributed by atoms with van der Waals surface area (Å²) in [4.78, 5) is 0. The van der Waals surface area contributed by atoms with Crippen molar-refractivity contribution >= 4 is 0 Å². The van der Waals surface area contributed by atoms with E-state index in [9.17, 15) is 0 Å². The minimum Gasteiger partial charge on any atom is -0.349 e. The van der Waals surface area contributed by atoms with Crippen molar-refractivity contribution in [2.45, 2.75) is 25.9 Å². The molecule has 0 aromatic carbocycles. The second-order valence-corrected chi connectivity index (χ2v) is 2.99. The lowest BCUT2D eigenvalue weighted by Crippen LogP contribution is -2.33. The van der Waals surface area contributed by atoms with Crippen LogP contribution < -0.4 is 5.73 Å². The van der Waals surface area contributed by atoms with E-state index in [4.69, 9.17) is 11.0 Å². The average molecular weight is 163 g/mol. The van der Waals surface area contributed by atoms with Gasteiger partial charge >= 0.3 is 0 Å². The maximum absolute atomic E-state index is 8.80. The van der Waals surface area contributed by atoms with E-state index in [1.54, 1.807) is 6.92 Å². The Bertz CT molecular complexity index is 304. The Labute approximate surface area is 72.4 Å². The van der Waals surface area contributed by atoms with Gasteiger partial charge in [0, 0.05) is 12.7 Å². The normalized spacial score (nSPS) is 15.2. The summed E-state index contributed by atoms with van der Waals surface area (Å²) >= 11 is 0. The molecular formula is C9H13N3. The molecule has 1 rings (SSSR count). The van der Waals surface area contributed by atoms with Crippen LogP contribution in [0.5, 0.6) is 0 Å². The van der Waals surface area contributed by atoms with E-state index in [1.165, 1.54) is 0 Å². The highest BCUT2D eigenvalue weighted by molar-refractivity contribution is 5.24. The molecule has 0 fully saturated rings. The number of nitrogens with two attached hydrogens (primary N) is 1. The molecule has 1 heterocycles. The number of nitrogens with zero attached hydrogens (tertiary/aromatic N) is 2. The number of aryl methyl sites for hydroxylation is 1. The molecule has 0 spiro atoms. The van der Waals surface area contributed by atoms with Crippen LogP contribution in [0.25, 0.3) is 0 Å². The van der Waals surface area contributed by atoms with Gasteiger partial charge in [-0.15, -0.1) is 0 Å². The van der Waals surface area contributed by atoms with Crippen molar-refractivity contribution in [3.8, 4) is 6.07 Å². The summed E-state index contributed by atoms with van der Waals surface area (Å²) in [7, 11) is 0. The van der Waals surface area contributed by atoms with Gasteiger partial charge < -0.3 is 10.3 Å². The fourth-order valence-electron chi connectivity index (χ4n) is 1.22. The Morgan fingerprint density at radius 1 is 1.75 bits per heavy atom. The molecule has 1 aromatic rings. The fourth-order valence-corrected chi connectivity index (χ4v) is 1.22. The molecule has 64 valence electrons. The quantitative estimate of drug-likeness (QED) is 0.712. The summed E-state index contributed by atoms with van der Waals surface area (Å²) in [6.07, 6.45) is 1.93. The van der Waals surface area contributed by atoms with Crippen LogP contribution in [-0.2, 0) is 12.1 Å². The molecule has 2 N–H and O–H groups in total. The molecular weight excluding hydrogens is 150 g/mol. The Balaban J connectivity index is 3.11. The number of aromatic nitrogens is 1. The van der Waals surface area contributed by atoms with Gasteiger partial charge in [-0.05, 0) is 26.0 Å². The number of hydrogen-bond acceptors (Lipinski definition) is 2. The number of nitriles is 1. The molecule has 1 aromatic heterocycles. The standard InChI is InChI=1S/C9H13N3/c1-3-12-6-4-5-8(12)9(2,11)7-10/h4-6H,3,11H2,1-2H3/t9-/m0/s1. The molecule has 0 aliphatic rings. The fraction of sp³-hybridized carbons (Fsp3) is 0.444. The molecule has 0 aliphatic heterocycles. The molecule has 0 saturated carbocycles. The Morgan fingerprint density at radius 2 is 2.42 bits per heavy atom. The van der Waals surface area contributed by atoms with Crippen LogP contribution in [0.4, 0.5) is 0 Å². The van der Waals surface area contributed by atoms with Crippen molar-refractivity contribution in [1.29, 1.82) is 5.26 Å². The van der Waals surface area contributed by atoms with E-state index in [0.29, 0.717) is 0 Å². The van der Waals surface area contributed by atoms with E-state index in [0.717, 1.165) is 12.2 Å². The van der Waals surface area contributed by atoms with Gasteiger partial charge in [0.05, 0.1) is 11.8 Å². The lowest BCUT2D eigenvalue weighted by molar-refractivity contribution is 0.566. The van der Waals surface area contributed by atoms with Gasteiger partial charge in [-0.25, -0.2) is 0 Å². The highest BCUT2D eigenvalue weighted by Gasteiger charge is 2.22. The van der Waals surface area contributed by atoms with Crippen LogP contribution >= 0.6 is 0 Å². The number of hydrogen-bond donors (Lipinski definition) is 1. The van der Waals surface area contributed by atoms with Crippen molar-refractivity contribution in [1.82, 2.24) is 4.57 Å². The Hall–Kier alpha value is -1.27. The molecule has 0 bridgehead atoms. The van der Waals surface area contributed by atoms with Gasteiger partial charge in [0.2, 0.25) is 0 Å². The molecule has 0 radical (unpaired) electrons. The van der Waals surface area contributed by atoms with Crippen molar-refractivity contribution in [3.05, 3.63) is 24.0 Å². The molecule has 0 amide bonds. The van der Waals surface area contributed by atoms with Gasteiger partial charge in [-0.2, -0.15) is 5.26 Å². The van der Waals surface area contributed by atoms with Gasteiger partial charge in [-0.3, -0.25) is 0 Å². The summed E-state index contributed by atoms with van der Waals surface area (Å²) in [5.74, 6) is 0.